The third-order valence-electron chi connectivity index (χ3n) is 16.0. The summed E-state index contributed by atoms with van der Waals surface area (Å²) in [7, 11) is 5.99. The highest BCUT2D eigenvalue weighted by Crippen LogP contribution is 2.51. The number of hydrogen-bond acceptors (Lipinski definition) is 13. The number of aromatic nitrogens is 4. The van der Waals surface area contributed by atoms with E-state index in [-0.39, 0.29) is 53.2 Å². The Labute approximate surface area is 477 Å². The van der Waals surface area contributed by atoms with Crippen LogP contribution in [-0.2, 0) is 43.4 Å². The molecule has 5 heterocycles. The predicted octanol–water partition coefficient (Wildman–Crippen LogP) is 10.00. The fourth-order valence-corrected chi connectivity index (χ4v) is 11.6. The van der Waals surface area contributed by atoms with Crippen LogP contribution >= 0.6 is 0 Å². The number of benzene rings is 3. The van der Waals surface area contributed by atoms with E-state index in [0.29, 0.717) is 64.0 Å². The van der Waals surface area contributed by atoms with Gasteiger partial charge < -0.3 is 63.7 Å². The van der Waals surface area contributed by atoms with Crippen LogP contribution in [0.4, 0.5) is 15.3 Å². The van der Waals surface area contributed by atoms with Crippen LogP contribution in [0.25, 0.3) is 22.5 Å². The molecule has 19 heteroatoms. The summed E-state index contributed by atoms with van der Waals surface area (Å²) in [5, 5.41) is 5.48. The lowest BCUT2D eigenvalue weighted by molar-refractivity contribution is -0.136. The second-order valence-electron chi connectivity index (χ2n) is 23.2. The number of alkyl carbamates (subject to hydrolysis) is 2. The number of carbonyl (C=O) groups excluding carboxylic acids is 4. The Morgan fingerprint density at radius 3 is 1.36 bits per heavy atom. The molecule has 2 aromatic heterocycles. The van der Waals surface area contributed by atoms with E-state index >= 15 is 0 Å². The molecule has 3 aromatic carbocycles. The highest BCUT2D eigenvalue weighted by atomic mass is 16.6. The summed E-state index contributed by atoms with van der Waals surface area (Å²) in [5.74, 6) is 0.774. The van der Waals surface area contributed by atoms with Crippen molar-refractivity contribution in [2.24, 2.45) is 11.8 Å². The van der Waals surface area contributed by atoms with Crippen molar-refractivity contribution < 1.29 is 47.6 Å². The topological polar surface area (TPSA) is 215 Å². The summed E-state index contributed by atoms with van der Waals surface area (Å²) in [6.45, 7) is 17.4. The predicted molar refractivity (Wildman–Crippen MR) is 309 cm³/mol. The molecule has 0 aliphatic carbocycles. The molecule has 0 radical (unpaired) electrons. The summed E-state index contributed by atoms with van der Waals surface area (Å²) >= 11 is 0. The minimum absolute atomic E-state index is 0.0688. The van der Waals surface area contributed by atoms with Crippen LogP contribution in [-0.4, -0.2) is 146 Å². The number of anilines is 1. The molecule has 0 unspecified atom stereocenters. The van der Waals surface area contributed by atoms with Crippen molar-refractivity contribution in [2.75, 3.05) is 72.9 Å². The molecule has 3 aliphatic heterocycles. The number of ether oxygens (including phenoxy) is 6. The third-order valence-corrected chi connectivity index (χ3v) is 16.0. The summed E-state index contributed by atoms with van der Waals surface area (Å²) in [6, 6.07) is 23.3. The molecule has 0 spiro atoms. The van der Waals surface area contributed by atoms with E-state index in [0.717, 1.165) is 65.0 Å². The lowest BCUT2D eigenvalue weighted by atomic mass is 9.87. The number of aromatic amines is 2. The monoisotopic (exact) mass is 1120 g/mol. The summed E-state index contributed by atoms with van der Waals surface area (Å²) < 4.78 is 34.9. The van der Waals surface area contributed by atoms with Crippen LogP contribution in [0.15, 0.2) is 85.2 Å². The van der Waals surface area contributed by atoms with Gasteiger partial charge in [-0.1, -0.05) is 109 Å². The largest absolute Gasteiger partial charge is 0.453 e. The summed E-state index contributed by atoms with van der Waals surface area (Å²) in [6.07, 6.45) is 6.01. The van der Waals surface area contributed by atoms with Crippen molar-refractivity contribution in [1.82, 2.24) is 40.4 Å². The molecule has 3 saturated heterocycles. The normalized spacial score (nSPS) is 21.0. The zero-order chi connectivity index (χ0) is 58.0. The molecule has 8 rings (SSSR count). The number of amides is 4. The Hall–Kier alpha value is -6.80. The summed E-state index contributed by atoms with van der Waals surface area (Å²) in [5.41, 5.74) is 7.75. The minimum Gasteiger partial charge on any atom is -0.453 e. The molecule has 0 bridgehead atoms. The maximum absolute atomic E-state index is 14.0. The van der Waals surface area contributed by atoms with Crippen LogP contribution in [0, 0.1) is 11.8 Å². The minimum atomic E-state index is -0.734. The molecule has 3 fully saturated rings. The molecule has 8 atom stereocenters. The van der Waals surface area contributed by atoms with Crippen molar-refractivity contribution in [3.05, 3.63) is 114 Å². The van der Waals surface area contributed by atoms with Crippen LogP contribution in [0.2, 0.25) is 0 Å². The molecule has 5 aromatic rings. The number of likely N-dealkylation sites (tertiary alicyclic amines) is 2. The number of H-pyrrole nitrogens is 2. The van der Waals surface area contributed by atoms with E-state index in [9.17, 15) is 19.2 Å². The van der Waals surface area contributed by atoms with Crippen LogP contribution in [0.5, 0.6) is 0 Å². The molecule has 81 heavy (non-hydrogen) atoms. The van der Waals surface area contributed by atoms with Gasteiger partial charge in [0.2, 0.25) is 11.8 Å². The van der Waals surface area contributed by atoms with Gasteiger partial charge in [-0.2, -0.15) is 0 Å². The highest BCUT2D eigenvalue weighted by Gasteiger charge is 2.52. The Bertz CT molecular complexity index is 2680. The maximum Gasteiger partial charge on any atom is 0.407 e. The molecule has 4 amide bonds. The van der Waals surface area contributed by atoms with Crippen LogP contribution in [0.3, 0.4) is 0 Å². The first-order valence-electron chi connectivity index (χ1n) is 28.7. The fourth-order valence-electron chi connectivity index (χ4n) is 11.6. The fraction of sp³-hybridized carbons (Fsp3) is 0.548. The number of nitrogens with zero attached hydrogens (tertiary/aromatic N) is 5. The summed E-state index contributed by atoms with van der Waals surface area (Å²) in [4.78, 5) is 75.3. The number of imidazole rings is 2. The first-order valence-corrected chi connectivity index (χ1v) is 28.7. The van der Waals surface area contributed by atoms with Crippen molar-refractivity contribution in [3.63, 3.8) is 0 Å². The Balaban J connectivity index is 1.14. The number of methoxy groups -OCH3 is 4. The molecular weight excluding hydrogens is 1030 g/mol. The van der Waals surface area contributed by atoms with E-state index in [1.807, 2.05) is 49.9 Å². The average molecular weight is 1120 g/mol. The van der Waals surface area contributed by atoms with Gasteiger partial charge in [0.05, 0.1) is 62.2 Å². The SMILES string of the molecule is COCCCO[C@H]1[C@H](OCCCOC)[C@H](c2ccc(-c3cnc([C@@H]4CCCN4C(=O)[C@@H](NC(=O)OC)C(C)C)[nH]3)cc2)N(c2ccc(C(C)(C)C)cc2)[C@H]1c1ccc(-c2cnc([C@@H]3CCCN3C(=O)[C@@H](NC(=O)OC)C(C)C)[nH]2)cc1. The molecule has 4 N–H and O–H groups in total. The molecule has 438 valence electrons. The van der Waals surface area contributed by atoms with Gasteiger partial charge >= 0.3 is 12.2 Å². The lowest BCUT2D eigenvalue weighted by Gasteiger charge is -2.35. The Morgan fingerprint density at radius 1 is 0.593 bits per heavy atom. The quantitative estimate of drug-likeness (QED) is 0.0449. The lowest BCUT2D eigenvalue weighted by Crippen LogP contribution is -2.51. The third kappa shape index (κ3) is 13.9. The average Bonchev–Trinajstić information content (AvgIpc) is 4.34. The number of rotatable bonds is 23. The zero-order valence-electron chi connectivity index (χ0n) is 49.2. The number of nitrogens with one attached hydrogen (secondary N) is 4. The van der Waals surface area contributed by atoms with Crippen molar-refractivity contribution in [3.8, 4) is 22.5 Å². The van der Waals surface area contributed by atoms with Gasteiger partial charge in [0.1, 0.15) is 35.9 Å². The molecular formula is C62H85N9O10. The van der Waals surface area contributed by atoms with Gasteiger partial charge in [0, 0.05) is 59.4 Å². The van der Waals surface area contributed by atoms with E-state index in [1.54, 1.807) is 14.2 Å². The van der Waals surface area contributed by atoms with E-state index in [1.165, 1.54) is 19.8 Å². The number of hydrogen-bond donors (Lipinski definition) is 4. The van der Waals surface area contributed by atoms with Crippen LogP contribution in [0.1, 0.15) is 139 Å². The van der Waals surface area contributed by atoms with Crippen molar-refractivity contribution >= 4 is 29.7 Å². The molecule has 19 nitrogen and oxygen atoms in total. The van der Waals surface area contributed by atoms with E-state index in [4.69, 9.17) is 38.4 Å². The van der Waals surface area contributed by atoms with Gasteiger partial charge in [0.15, 0.2) is 0 Å². The number of carbonyl (C=O) groups is 4. The second kappa shape index (κ2) is 27.3. The zero-order valence-corrected chi connectivity index (χ0v) is 49.2. The van der Waals surface area contributed by atoms with Gasteiger partial charge in [0.25, 0.3) is 0 Å². The first kappa shape index (κ1) is 60.3. The maximum atomic E-state index is 14.0. The van der Waals surface area contributed by atoms with Gasteiger partial charge in [-0.05, 0) is 95.7 Å². The standard InChI is InChI=1S/C62H85N9O10/c1-38(2)50(67-60(74)78-10)58(72)69-30-12-16-48(69)56-63-36-46(65-56)40-18-22-42(23-19-40)52-54(80-34-14-32-76-8)55(81-35-15-33-77-9)53(71(52)45-28-26-44(27-29-45)62(5,6)7)43-24-20-41(21-25-43)47-37-64-57(66-47)49-17-13-31-70(49)59(73)51(39(3)4)68-61(75)79-11/h18-29,36-39,48-55H,12-17,30-35H2,1-11H3,(H,63,65)(H,64,66)(H,67,74)(H,68,75)/t48-,49-,50-,51-,52-,53-,54+,55+/m0/s1. The van der Waals surface area contributed by atoms with Crippen molar-refractivity contribution in [2.45, 2.75) is 141 Å². The van der Waals surface area contributed by atoms with Crippen molar-refractivity contribution in [1.29, 1.82) is 0 Å². The second-order valence-corrected chi connectivity index (χ2v) is 23.2. The smallest absolute Gasteiger partial charge is 0.407 e. The van der Waals surface area contributed by atoms with Gasteiger partial charge in [-0.3, -0.25) is 9.59 Å². The highest BCUT2D eigenvalue weighted by molar-refractivity contribution is 5.87. The van der Waals surface area contributed by atoms with E-state index in [2.05, 4.69) is 119 Å². The Kier molecular flexibility index (Phi) is 20.3. The molecule has 3 aliphatic rings. The Morgan fingerprint density at radius 2 is 1.00 bits per heavy atom. The molecule has 0 saturated carbocycles. The van der Waals surface area contributed by atoms with E-state index < -0.39 is 36.5 Å². The van der Waals surface area contributed by atoms with Gasteiger partial charge in [-0.15, -0.1) is 0 Å². The first-order chi connectivity index (χ1) is 39.0. The van der Waals surface area contributed by atoms with Gasteiger partial charge in [-0.25, -0.2) is 19.6 Å². The van der Waals surface area contributed by atoms with Crippen LogP contribution < -0.4 is 15.5 Å².